The minimum atomic E-state index is -4.78. The average Bonchev–Trinajstić information content (AvgIpc) is 3.24. The predicted molar refractivity (Wildman–Crippen MR) is 111 cm³/mol. The zero-order valence-electron chi connectivity index (χ0n) is 17.3. The topological polar surface area (TPSA) is 103 Å². The number of methoxy groups -OCH3 is 1. The number of amidine groups is 1. The third kappa shape index (κ3) is 4.52. The minimum absolute atomic E-state index is 0.157. The molecule has 2 aromatic carbocycles. The molecule has 33 heavy (non-hydrogen) atoms. The second kappa shape index (κ2) is 8.57. The summed E-state index contributed by atoms with van der Waals surface area (Å²) in [7, 11) is 1.40. The lowest BCUT2D eigenvalue weighted by molar-refractivity contribution is -0.385. The highest BCUT2D eigenvalue weighted by Crippen LogP contribution is 2.39. The number of amides is 1. The van der Waals surface area contributed by atoms with Gasteiger partial charge in [-0.25, -0.2) is 0 Å². The van der Waals surface area contributed by atoms with Crippen molar-refractivity contribution in [2.45, 2.75) is 25.1 Å². The van der Waals surface area contributed by atoms with Crippen molar-refractivity contribution in [1.29, 1.82) is 0 Å². The molecule has 2 heterocycles. The van der Waals surface area contributed by atoms with Gasteiger partial charge in [-0.05, 0) is 23.8 Å². The highest BCUT2D eigenvalue weighted by Gasteiger charge is 2.35. The van der Waals surface area contributed by atoms with E-state index in [1.807, 2.05) is 6.08 Å². The Morgan fingerprint density at radius 2 is 2.00 bits per heavy atom. The van der Waals surface area contributed by atoms with E-state index in [0.717, 1.165) is 23.3 Å². The van der Waals surface area contributed by atoms with Crippen molar-refractivity contribution < 1.29 is 32.4 Å². The number of carbonyl (C=O) groups is 1. The number of alkyl halides is 3. The highest BCUT2D eigenvalue weighted by molar-refractivity contribution is 6.12. The largest absolute Gasteiger partial charge is 0.493 e. The van der Waals surface area contributed by atoms with Crippen LogP contribution in [0.5, 0.6) is 11.5 Å². The van der Waals surface area contributed by atoms with E-state index >= 15 is 0 Å². The fourth-order valence-corrected chi connectivity index (χ4v) is 3.86. The Kier molecular flexibility index (Phi) is 5.79. The second-order valence-corrected chi connectivity index (χ2v) is 7.45. The second-order valence-electron chi connectivity index (χ2n) is 7.45. The number of rotatable bonds is 6. The van der Waals surface area contributed by atoms with Gasteiger partial charge in [0.1, 0.15) is 12.4 Å². The van der Waals surface area contributed by atoms with Crippen LogP contribution in [0.15, 0.2) is 53.0 Å². The van der Waals surface area contributed by atoms with E-state index in [2.05, 4.69) is 10.3 Å². The van der Waals surface area contributed by atoms with Crippen LogP contribution in [0.2, 0.25) is 0 Å². The third-order valence-corrected chi connectivity index (χ3v) is 5.44. The molecule has 1 unspecified atom stereocenters. The zero-order chi connectivity index (χ0) is 23.8. The SMILES string of the molecule is COc1cc(C2CC(=O)NC3=NCC=C32)ccc1OCc1ccc([N+](=O)[O-])cc1C(F)(F)F. The molecule has 172 valence electrons. The summed E-state index contributed by atoms with van der Waals surface area (Å²) >= 11 is 0. The Morgan fingerprint density at radius 3 is 2.70 bits per heavy atom. The van der Waals surface area contributed by atoms with Crippen LogP contribution >= 0.6 is 0 Å². The van der Waals surface area contributed by atoms with Crippen LogP contribution in [0.3, 0.4) is 0 Å². The average molecular weight is 461 g/mol. The summed E-state index contributed by atoms with van der Waals surface area (Å²) in [5, 5.41) is 13.6. The molecule has 4 rings (SSSR count). The summed E-state index contributed by atoms with van der Waals surface area (Å²) in [5.41, 5.74) is -0.360. The number of carbonyl (C=O) groups excluding carboxylic acids is 1. The zero-order valence-corrected chi connectivity index (χ0v) is 17.3. The Hall–Kier alpha value is -3.89. The number of nitro benzene ring substituents is 1. The molecular weight excluding hydrogens is 443 g/mol. The lowest BCUT2D eigenvalue weighted by atomic mass is 9.85. The Morgan fingerprint density at radius 1 is 1.21 bits per heavy atom. The number of hydrogen-bond acceptors (Lipinski definition) is 6. The lowest BCUT2D eigenvalue weighted by Gasteiger charge is -2.26. The molecule has 1 fully saturated rings. The number of nitrogens with one attached hydrogen (secondary N) is 1. The van der Waals surface area contributed by atoms with Crippen LogP contribution in [0.4, 0.5) is 18.9 Å². The molecule has 0 spiro atoms. The number of piperidine rings is 1. The number of non-ortho nitro benzene ring substituents is 1. The molecule has 11 heteroatoms. The van der Waals surface area contributed by atoms with Gasteiger partial charge in [0.05, 0.1) is 24.1 Å². The Balaban J connectivity index is 1.58. The maximum atomic E-state index is 13.4. The van der Waals surface area contributed by atoms with Crippen LogP contribution in [0, 0.1) is 10.1 Å². The molecule has 0 bridgehead atoms. The van der Waals surface area contributed by atoms with E-state index in [1.165, 1.54) is 7.11 Å². The number of aliphatic imine (C=N–C) groups is 1. The summed E-state index contributed by atoms with van der Waals surface area (Å²) in [6.45, 7) is 0.00684. The van der Waals surface area contributed by atoms with Gasteiger partial charge in [-0.3, -0.25) is 19.9 Å². The molecular formula is C22H18F3N3O5. The predicted octanol–water partition coefficient (Wildman–Crippen LogP) is 4.14. The van der Waals surface area contributed by atoms with E-state index in [-0.39, 0.29) is 35.3 Å². The molecule has 1 saturated heterocycles. The maximum absolute atomic E-state index is 13.4. The van der Waals surface area contributed by atoms with Crippen molar-refractivity contribution in [2.75, 3.05) is 13.7 Å². The van der Waals surface area contributed by atoms with Crippen molar-refractivity contribution in [2.24, 2.45) is 4.99 Å². The molecule has 1 atom stereocenters. The first-order valence-electron chi connectivity index (χ1n) is 9.87. The first-order chi connectivity index (χ1) is 15.7. The van der Waals surface area contributed by atoms with Crippen LogP contribution in [0.25, 0.3) is 0 Å². The van der Waals surface area contributed by atoms with Gasteiger partial charge in [-0.15, -0.1) is 0 Å². The van der Waals surface area contributed by atoms with Crippen LogP contribution in [0.1, 0.15) is 29.0 Å². The minimum Gasteiger partial charge on any atom is -0.493 e. The van der Waals surface area contributed by atoms with E-state index in [9.17, 15) is 28.1 Å². The van der Waals surface area contributed by atoms with Crippen molar-refractivity contribution in [3.63, 3.8) is 0 Å². The van der Waals surface area contributed by atoms with Crippen molar-refractivity contribution in [3.8, 4) is 11.5 Å². The third-order valence-electron chi connectivity index (χ3n) is 5.44. The van der Waals surface area contributed by atoms with Gasteiger partial charge >= 0.3 is 6.18 Å². The van der Waals surface area contributed by atoms with Gasteiger partial charge in [-0.1, -0.05) is 12.1 Å². The summed E-state index contributed by atoms with van der Waals surface area (Å²) in [5.74, 6) is 0.645. The van der Waals surface area contributed by atoms with Gasteiger partial charge in [0, 0.05) is 35.6 Å². The number of hydrogen-bond donors (Lipinski definition) is 1. The highest BCUT2D eigenvalue weighted by atomic mass is 19.4. The summed E-state index contributed by atoms with van der Waals surface area (Å²) < 4.78 is 51.2. The van der Waals surface area contributed by atoms with Gasteiger partial charge in [-0.2, -0.15) is 13.2 Å². The van der Waals surface area contributed by atoms with E-state index in [1.54, 1.807) is 18.2 Å². The lowest BCUT2D eigenvalue weighted by Crippen LogP contribution is -2.38. The first-order valence-corrected chi connectivity index (χ1v) is 9.87. The molecule has 0 radical (unpaired) electrons. The van der Waals surface area contributed by atoms with Gasteiger partial charge < -0.3 is 14.8 Å². The fourth-order valence-electron chi connectivity index (χ4n) is 3.86. The molecule has 2 aliphatic heterocycles. The Labute approximate surface area is 185 Å². The number of nitrogens with zero attached hydrogens (tertiary/aromatic N) is 2. The summed E-state index contributed by atoms with van der Waals surface area (Å²) in [6.07, 6.45) is -2.62. The van der Waals surface area contributed by atoms with Crippen LogP contribution in [-0.2, 0) is 17.6 Å². The number of fused-ring (bicyclic) bond motifs is 1. The quantitative estimate of drug-likeness (QED) is 0.515. The molecule has 0 saturated carbocycles. The molecule has 2 aromatic rings. The van der Waals surface area contributed by atoms with E-state index in [0.29, 0.717) is 18.4 Å². The van der Waals surface area contributed by atoms with Crippen molar-refractivity contribution in [1.82, 2.24) is 5.32 Å². The smallest absolute Gasteiger partial charge is 0.417 e. The van der Waals surface area contributed by atoms with Crippen molar-refractivity contribution >= 4 is 17.4 Å². The standard InChI is InChI=1S/C22H18F3N3O5/c1-32-19-8-12(16-10-20(29)27-21-15(16)6-7-26-21)3-5-18(19)33-11-13-2-4-14(28(30)31)9-17(13)22(23,24)25/h2-6,8-9,16H,7,10-11H2,1H3,(H,26,27,29). The first kappa shape index (κ1) is 22.3. The molecule has 8 nitrogen and oxygen atoms in total. The van der Waals surface area contributed by atoms with E-state index in [4.69, 9.17) is 9.47 Å². The van der Waals surface area contributed by atoms with Gasteiger partial charge in [0.25, 0.3) is 5.69 Å². The molecule has 0 aromatic heterocycles. The fraction of sp³-hybridized carbons (Fsp3) is 0.273. The molecule has 2 aliphatic rings. The molecule has 0 aliphatic carbocycles. The molecule has 1 N–H and O–H groups in total. The number of ether oxygens (including phenoxy) is 2. The number of nitro groups is 1. The normalized spacial score (nSPS) is 17.6. The van der Waals surface area contributed by atoms with Gasteiger partial charge in [0.15, 0.2) is 11.5 Å². The summed E-state index contributed by atoms with van der Waals surface area (Å²) in [6, 6.07) is 7.47. The van der Waals surface area contributed by atoms with Gasteiger partial charge in [0.2, 0.25) is 5.91 Å². The summed E-state index contributed by atoms with van der Waals surface area (Å²) in [4.78, 5) is 26.3. The van der Waals surface area contributed by atoms with Crippen LogP contribution in [-0.4, -0.2) is 30.3 Å². The maximum Gasteiger partial charge on any atom is 0.417 e. The van der Waals surface area contributed by atoms with Crippen molar-refractivity contribution in [3.05, 3.63) is 74.9 Å². The monoisotopic (exact) mass is 461 g/mol. The number of benzene rings is 2. The number of halogens is 3. The Bertz CT molecular complexity index is 1190. The van der Waals surface area contributed by atoms with Crippen LogP contribution < -0.4 is 14.8 Å². The van der Waals surface area contributed by atoms with E-state index < -0.39 is 29.0 Å². The molecule has 1 amide bonds.